The molecule has 0 radical (unpaired) electrons. The van der Waals surface area contributed by atoms with Gasteiger partial charge in [-0.2, -0.15) is 0 Å². The van der Waals surface area contributed by atoms with E-state index in [4.69, 9.17) is 0 Å². The SMILES string of the molecule is CCc1ccc(C(=O)N2CCC[C@@H](CNC(=O)[C@@H]3CCCN3)C2)cc1. The molecule has 2 amide bonds. The second-order valence-corrected chi connectivity index (χ2v) is 7.20. The summed E-state index contributed by atoms with van der Waals surface area (Å²) in [5.41, 5.74) is 2.01. The second kappa shape index (κ2) is 8.48. The minimum Gasteiger partial charge on any atom is -0.354 e. The highest BCUT2D eigenvalue weighted by atomic mass is 16.2. The van der Waals surface area contributed by atoms with E-state index in [2.05, 4.69) is 17.6 Å². The summed E-state index contributed by atoms with van der Waals surface area (Å²) in [6, 6.07) is 7.89. The summed E-state index contributed by atoms with van der Waals surface area (Å²) in [6.07, 6.45) is 5.04. The first-order valence-corrected chi connectivity index (χ1v) is 9.56. The van der Waals surface area contributed by atoms with E-state index < -0.39 is 0 Å². The van der Waals surface area contributed by atoms with E-state index in [0.717, 1.165) is 57.3 Å². The summed E-state index contributed by atoms with van der Waals surface area (Å²) < 4.78 is 0. The minimum absolute atomic E-state index is 0.0293. The van der Waals surface area contributed by atoms with Crippen LogP contribution in [0.2, 0.25) is 0 Å². The molecule has 2 heterocycles. The van der Waals surface area contributed by atoms with Gasteiger partial charge in [-0.05, 0) is 62.3 Å². The number of benzene rings is 1. The number of hydrogen-bond acceptors (Lipinski definition) is 3. The van der Waals surface area contributed by atoms with E-state index in [1.165, 1.54) is 5.56 Å². The second-order valence-electron chi connectivity index (χ2n) is 7.20. The number of piperidine rings is 1. The molecule has 0 saturated carbocycles. The van der Waals surface area contributed by atoms with Gasteiger partial charge in [0.1, 0.15) is 0 Å². The van der Waals surface area contributed by atoms with Crippen molar-refractivity contribution in [1.29, 1.82) is 0 Å². The maximum atomic E-state index is 12.7. The van der Waals surface area contributed by atoms with Crippen molar-refractivity contribution in [3.63, 3.8) is 0 Å². The van der Waals surface area contributed by atoms with Crippen LogP contribution in [0.3, 0.4) is 0 Å². The Hall–Kier alpha value is -1.88. The number of amides is 2. The molecule has 0 unspecified atom stereocenters. The predicted octanol–water partition coefficient (Wildman–Crippen LogP) is 1.97. The fourth-order valence-corrected chi connectivity index (χ4v) is 3.76. The van der Waals surface area contributed by atoms with Crippen LogP contribution in [-0.4, -0.2) is 48.9 Å². The Morgan fingerprint density at radius 2 is 2.00 bits per heavy atom. The average molecular weight is 343 g/mol. The summed E-state index contributed by atoms with van der Waals surface area (Å²) >= 11 is 0. The van der Waals surface area contributed by atoms with Gasteiger partial charge < -0.3 is 15.5 Å². The monoisotopic (exact) mass is 343 g/mol. The van der Waals surface area contributed by atoms with E-state index in [0.29, 0.717) is 12.5 Å². The summed E-state index contributed by atoms with van der Waals surface area (Å²) in [4.78, 5) is 26.8. The van der Waals surface area contributed by atoms with Crippen molar-refractivity contribution < 1.29 is 9.59 Å². The Morgan fingerprint density at radius 3 is 2.68 bits per heavy atom. The molecule has 3 rings (SSSR count). The van der Waals surface area contributed by atoms with Gasteiger partial charge in [-0.15, -0.1) is 0 Å². The topological polar surface area (TPSA) is 61.4 Å². The molecular weight excluding hydrogens is 314 g/mol. The van der Waals surface area contributed by atoms with Crippen molar-refractivity contribution in [1.82, 2.24) is 15.5 Å². The number of nitrogens with one attached hydrogen (secondary N) is 2. The van der Waals surface area contributed by atoms with Crippen LogP contribution >= 0.6 is 0 Å². The van der Waals surface area contributed by atoms with Crippen LogP contribution in [0.5, 0.6) is 0 Å². The molecule has 2 aliphatic heterocycles. The molecule has 2 saturated heterocycles. The summed E-state index contributed by atoms with van der Waals surface area (Å²) in [6.45, 7) is 5.24. The first-order chi connectivity index (χ1) is 12.2. The van der Waals surface area contributed by atoms with Crippen molar-refractivity contribution in [3.05, 3.63) is 35.4 Å². The molecule has 5 heteroatoms. The van der Waals surface area contributed by atoms with E-state index in [1.807, 2.05) is 29.2 Å². The van der Waals surface area contributed by atoms with Crippen LogP contribution in [0.1, 0.15) is 48.5 Å². The van der Waals surface area contributed by atoms with Gasteiger partial charge in [0.05, 0.1) is 6.04 Å². The smallest absolute Gasteiger partial charge is 0.253 e. The molecule has 5 nitrogen and oxygen atoms in total. The molecule has 0 spiro atoms. The third-order valence-electron chi connectivity index (χ3n) is 5.36. The molecule has 0 aliphatic carbocycles. The first kappa shape index (κ1) is 17.9. The summed E-state index contributed by atoms with van der Waals surface area (Å²) in [5.74, 6) is 0.560. The Bertz CT molecular complexity index is 593. The minimum atomic E-state index is -0.0293. The van der Waals surface area contributed by atoms with Gasteiger partial charge in [0.25, 0.3) is 5.91 Å². The molecule has 2 fully saturated rings. The largest absolute Gasteiger partial charge is 0.354 e. The average Bonchev–Trinajstić information content (AvgIpc) is 3.21. The number of likely N-dealkylation sites (tertiary alicyclic amines) is 1. The quantitative estimate of drug-likeness (QED) is 0.859. The van der Waals surface area contributed by atoms with Crippen molar-refractivity contribution in [3.8, 4) is 0 Å². The van der Waals surface area contributed by atoms with Crippen LogP contribution in [0.4, 0.5) is 0 Å². The molecule has 25 heavy (non-hydrogen) atoms. The molecule has 2 N–H and O–H groups in total. The normalized spacial score (nSPS) is 23.5. The van der Waals surface area contributed by atoms with E-state index in [-0.39, 0.29) is 17.9 Å². The zero-order chi connectivity index (χ0) is 17.6. The van der Waals surface area contributed by atoms with Crippen LogP contribution < -0.4 is 10.6 Å². The summed E-state index contributed by atoms with van der Waals surface area (Å²) in [7, 11) is 0. The highest BCUT2D eigenvalue weighted by Gasteiger charge is 2.26. The lowest BCUT2D eigenvalue weighted by atomic mass is 9.97. The highest BCUT2D eigenvalue weighted by molar-refractivity contribution is 5.94. The number of carbonyl (C=O) groups is 2. The molecule has 2 atom stereocenters. The number of hydrogen-bond donors (Lipinski definition) is 2. The lowest BCUT2D eigenvalue weighted by Gasteiger charge is -2.33. The lowest BCUT2D eigenvalue weighted by Crippen LogP contribution is -2.46. The molecular formula is C20H29N3O2. The lowest BCUT2D eigenvalue weighted by molar-refractivity contribution is -0.123. The third-order valence-corrected chi connectivity index (χ3v) is 5.36. The van der Waals surface area contributed by atoms with Crippen LogP contribution in [-0.2, 0) is 11.2 Å². The molecule has 1 aromatic rings. The molecule has 136 valence electrons. The third kappa shape index (κ3) is 4.60. The highest BCUT2D eigenvalue weighted by Crippen LogP contribution is 2.19. The van der Waals surface area contributed by atoms with Gasteiger partial charge in [-0.25, -0.2) is 0 Å². The van der Waals surface area contributed by atoms with Crippen molar-refractivity contribution in [2.24, 2.45) is 5.92 Å². The van der Waals surface area contributed by atoms with Gasteiger partial charge in [-0.3, -0.25) is 9.59 Å². The Morgan fingerprint density at radius 1 is 1.20 bits per heavy atom. The van der Waals surface area contributed by atoms with Crippen LogP contribution in [0.25, 0.3) is 0 Å². The molecule has 0 aromatic heterocycles. The Balaban J connectivity index is 1.51. The maximum Gasteiger partial charge on any atom is 0.253 e. The standard InChI is InChI=1S/C20H29N3O2/c1-2-15-7-9-17(10-8-15)20(25)23-12-4-5-16(14-23)13-22-19(24)18-6-3-11-21-18/h7-10,16,18,21H,2-6,11-14H2,1H3,(H,22,24)/t16-,18-/m0/s1. The van der Waals surface area contributed by atoms with Gasteiger partial charge in [0.15, 0.2) is 0 Å². The van der Waals surface area contributed by atoms with Gasteiger partial charge in [-0.1, -0.05) is 19.1 Å². The Kier molecular flexibility index (Phi) is 6.08. The van der Waals surface area contributed by atoms with Crippen molar-refractivity contribution in [2.75, 3.05) is 26.2 Å². The van der Waals surface area contributed by atoms with E-state index >= 15 is 0 Å². The number of aryl methyl sites for hydroxylation is 1. The first-order valence-electron chi connectivity index (χ1n) is 9.56. The maximum absolute atomic E-state index is 12.7. The van der Waals surface area contributed by atoms with Crippen molar-refractivity contribution >= 4 is 11.8 Å². The van der Waals surface area contributed by atoms with Gasteiger partial charge in [0.2, 0.25) is 5.91 Å². The fourth-order valence-electron chi connectivity index (χ4n) is 3.76. The Labute approximate surface area is 150 Å². The summed E-state index contributed by atoms with van der Waals surface area (Å²) in [5, 5.41) is 6.29. The van der Waals surface area contributed by atoms with Gasteiger partial charge in [0, 0.05) is 25.2 Å². The fraction of sp³-hybridized carbons (Fsp3) is 0.600. The zero-order valence-electron chi connectivity index (χ0n) is 15.1. The van der Waals surface area contributed by atoms with Gasteiger partial charge >= 0.3 is 0 Å². The predicted molar refractivity (Wildman–Crippen MR) is 98.5 cm³/mol. The molecule has 0 bridgehead atoms. The van der Waals surface area contributed by atoms with Crippen LogP contribution in [0, 0.1) is 5.92 Å². The van der Waals surface area contributed by atoms with Crippen LogP contribution in [0.15, 0.2) is 24.3 Å². The molecule has 1 aromatic carbocycles. The number of nitrogens with zero attached hydrogens (tertiary/aromatic N) is 1. The van der Waals surface area contributed by atoms with Crippen molar-refractivity contribution in [2.45, 2.75) is 45.1 Å². The molecule has 2 aliphatic rings. The van der Waals surface area contributed by atoms with E-state index in [1.54, 1.807) is 0 Å². The van der Waals surface area contributed by atoms with E-state index in [9.17, 15) is 9.59 Å². The number of rotatable bonds is 5. The number of carbonyl (C=O) groups excluding carboxylic acids is 2. The zero-order valence-corrected chi connectivity index (χ0v) is 15.1.